The molecule has 130 valence electrons. The first-order chi connectivity index (χ1) is 11.5. The van der Waals surface area contributed by atoms with Crippen LogP contribution in [0.15, 0.2) is 21.7 Å². The first kappa shape index (κ1) is 18.4. The molecule has 0 bridgehead atoms. The summed E-state index contributed by atoms with van der Waals surface area (Å²) in [6, 6.07) is 1.65. The molecule has 0 aliphatic rings. The van der Waals surface area contributed by atoms with Crippen LogP contribution in [0.1, 0.15) is 17.3 Å². The monoisotopic (exact) mass is 370 g/mol. The molecule has 0 unspecified atom stereocenters. The van der Waals surface area contributed by atoms with Crippen molar-refractivity contribution in [3.05, 3.63) is 39.7 Å². The van der Waals surface area contributed by atoms with Crippen LogP contribution in [0.5, 0.6) is 0 Å². The summed E-state index contributed by atoms with van der Waals surface area (Å²) in [6.45, 7) is 5.51. The van der Waals surface area contributed by atoms with Gasteiger partial charge in [0.25, 0.3) is 0 Å². The van der Waals surface area contributed by atoms with E-state index in [2.05, 4.69) is 30.9 Å². The van der Waals surface area contributed by atoms with Crippen molar-refractivity contribution in [3.8, 4) is 0 Å². The Bertz CT molecular complexity index is 696. The number of nitrogens with zero attached hydrogens (tertiary/aromatic N) is 3. The van der Waals surface area contributed by atoms with E-state index < -0.39 is 0 Å². The van der Waals surface area contributed by atoms with Crippen molar-refractivity contribution in [1.29, 1.82) is 0 Å². The lowest BCUT2D eigenvalue weighted by atomic mass is 10.4. The molecular weight excluding hydrogens is 351 g/mol. The van der Waals surface area contributed by atoms with E-state index in [1.54, 1.807) is 19.3 Å². The molecule has 2 rings (SSSR count). The van der Waals surface area contributed by atoms with Crippen LogP contribution >= 0.6 is 23.2 Å². The molecule has 24 heavy (non-hydrogen) atoms. The van der Waals surface area contributed by atoms with E-state index in [1.165, 1.54) is 0 Å². The first-order valence-electron chi connectivity index (χ1n) is 7.42. The molecular formula is C15H20Cl2N6O. The lowest BCUT2D eigenvalue weighted by Gasteiger charge is -2.12. The number of hydrogen-bond donors (Lipinski definition) is 3. The van der Waals surface area contributed by atoms with Crippen molar-refractivity contribution in [2.24, 2.45) is 4.99 Å². The summed E-state index contributed by atoms with van der Waals surface area (Å²) in [6.07, 6.45) is 1.55. The minimum absolute atomic E-state index is 0.465. The molecule has 0 radical (unpaired) electrons. The molecule has 2 aromatic rings. The maximum atomic E-state index is 6.05. The van der Waals surface area contributed by atoms with Crippen LogP contribution in [-0.4, -0.2) is 36.1 Å². The third kappa shape index (κ3) is 5.28. The molecule has 9 heteroatoms. The van der Waals surface area contributed by atoms with Crippen LogP contribution in [0, 0.1) is 13.8 Å². The highest BCUT2D eigenvalue weighted by Crippen LogP contribution is 2.21. The fourth-order valence-electron chi connectivity index (χ4n) is 1.90. The predicted octanol–water partition coefficient (Wildman–Crippen LogP) is 2.77. The number of guanidine groups is 1. The molecule has 0 aliphatic carbocycles. The van der Waals surface area contributed by atoms with Gasteiger partial charge in [0.05, 0.1) is 22.3 Å². The van der Waals surface area contributed by atoms with Crippen molar-refractivity contribution in [3.63, 3.8) is 0 Å². The number of nitrogens with one attached hydrogen (secondary N) is 3. The normalized spacial score (nSPS) is 11.5. The van der Waals surface area contributed by atoms with Gasteiger partial charge in [-0.1, -0.05) is 23.2 Å². The summed E-state index contributed by atoms with van der Waals surface area (Å²) in [4.78, 5) is 12.6. The summed E-state index contributed by atoms with van der Waals surface area (Å²) in [5.41, 5.74) is 0.895. The highest BCUT2D eigenvalue weighted by Gasteiger charge is 2.06. The Balaban J connectivity index is 1.73. The van der Waals surface area contributed by atoms with Crippen molar-refractivity contribution in [2.75, 3.05) is 25.5 Å². The Hall–Kier alpha value is -1.99. The second-order valence-electron chi connectivity index (χ2n) is 5.01. The number of halogens is 2. The molecule has 0 saturated carbocycles. The topological polar surface area (TPSA) is 87.4 Å². The molecule has 7 nitrogen and oxygen atoms in total. The quantitative estimate of drug-likeness (QED) is 0.411. The number of oxazole rings is 1. The molecule has 2 aromatic heterocycles. The third-order valence-corrected chi connectivity index (χ3v) is 3.72. The maximum absolute atomic E-state index is 6.05. The lowest BCUT2D eigenvalue weighted by Crippen LogP contribution is -2.39. The van der Waals surface area contributed by atoms with E-state index in [-0.39, 0.29) is 0 Å². The van der Waals surface area contributed by atoms with Gasteiger partial charge in [0.1, 0.15) is 11.6 Å². The summed E-state index contributed by atoms with van der Waals surface area (Å²) in [5, 5.41) is 10.4. The molecule has 3 N–H and O–H groups in total. The number of pyridine rings is 1. The van der Waals surface area contributed by atoms with Crippen molar-refractivity contribution in [1.82, 2.24) is 20.6 Å². The Morgan fingerprint density at radius 3 is 2.67 bits per heavy atom. The predicted molar refractivity (Wildman–Crippen MR) is 96.9 cm³/mol. The lowest BCUT2D eigenvalue weighted by molar-refractivity contribution is 0.464. The smallest absolute Gasteiger partial charge is 0.214 e. The fourth-order valence-corrected chi connectivity index (χ4v) is 2.35. The second-order valence-corrected chi connectivity index (χ2v) is 5.86. The van der Waals surface area contributed by atoms with Gasteiger partial charge < -0.3 is 20.4 Å². The minimum Gasteiger partial charge on any atom is -0.444 e. The van der Waals surface area contributed by atoms with Crippen LogP contribution in [0.2, 0.25) is 10.0 Å². The molecule has 0 amide bonds. The molecule has 0 fully saturated rings. The molecule has 2 heterocycles. The van der Waals surface area contributed by atoms with Gasteiger partial charge in [0.2, 0.25) is 5.89 Å². The largest absolute Gasteiger partial charge is 0.444 e. The number of aromatic nitrogens is 2. The van der Waals surface area contributed by atoms with Crippen LogP contribution in [0.4, 0.5) is 5.82 Å². The second kappa shape index (κ2) is 8.75. The zero-order chi connectivity index (χ0) is 17.5. The average Bonchev–Trinajstić information content (AvgIpc) is 2.86. The first-order valence-corrected chi connectivity index (χ1v) is 8.17. The summed E-state index contributed by atoms with van der Waals surface area (Å²) >= 11 is 11.9. The van der Waals surface area contributed by atoms with E-state index in [0.29, 0.717) is 47.3 Å². The molecule has 0 spiro atoms. The minimum atomic E-state index is 0.465. The molecule has 0 aliphatic heterocycles. The number of rotatable bonds is 6. The Kier molecular flexibility index (Phi) is 6.69. The van der Waals surface area contributed by atoms with E-state index in [1.807, 2.05) is 13.8 Å². The SMILES string of the molecule is CN=C(NCCNc1ncc(Cl)cc1Cl)NCc1nc(C)c(C)o1. The van der Waals surface area contributed by atoms with Gasteiger partial charge >= 0.3 is 0 Å². The Labute approximate surface area is 150 Å². The Morgan fingerprint density at radius 2 is 2.04 bits per heavy atom. The van der Waals surface area contributed by atoms with E-state index in [9.17, 15) is 0 Å². The van der Waals surface area contributed by atoms with Crippen LogP contribution in [-0.2, 0) is 6.54 Å². The van der Waals surface area contributed by atoms with E-state index in [4.69, 9.17) is 27.6 Å². The standard InChI is InChI=1S/C15H20Cl2N6O/c1-9-10(2)24-13(23-9)8-22-15(18-3)20-5-4-19-14-12(17)6-11(16)7-21-14/h6-7H,4-5,8H2,1-3H3,(H,19,21)(H2,18,20,22). The van der Waals surface area contributed by atoms with Gasteiger partial charge in [-0.05, 0) is 19.9 Å². The van der Waals surface area contributed by atoms with Gasteiger partial charge in [-0.3, -0.25) is 4.99 Å². The van der Waals surface area contributed by atoms with Gasteiger partial charge in [-0.15, -0.1) is 0 Å². The number of anilines is 1. The molecule has 0 atom stereocenters. The van der Waals surface area contributed by atoms with Gasteiger partial charge in [0.15, 0.2) is 5.96 Å². The summed E-state index contributed by atoms with van der Waals surface area (Å²) in [7, 11) is 1.70. The van der Waals surface area contributed by atoms with Gasteiger partial charge in [-0.2, -0.15) is 0 Å². The van der Waals surface area contributed by atoms with Crippen LogP contribution < -0.4 is 16.0 Å². The third-order valence-electron chi connectivity index (χ3n) is 3.22. The van der Waals surface area contributed by atoms with Crippen LogP contribution in [0.25, 0.3) is 0 Å². The van der Waals surface area contributed by atoms with Crippen molar-refractivity contribution < 1.29 is 4.42 Å². The molecule has 0 aromatic carbocycles. The van der Waals surface area contributed by atoms with Gasteiger partial charge in [-0.25, -0.2) is 9.97 Å². The highest BCUT2D eigenvalue weighted by atomic mass is 35.5. The average molecular weight is 371 g/mol. The highest BCUT2D eigenvalue weighted by molar-refractivity contribution is 6.35. The number of aliphatic imine (C=N–C) groups is 1. The summed E-state index contributed by atoms with van der Waals surface area (Å²) < 4.78 is 5.51. The number of aryl methyl sites for hydroxylation is 2. The maximum Gasteiger partial charge on any atom is 0.214 e. The number of hydrogen-bond acceptors (Lipinski definition) is 5. The van der Waals surface area contributed by atoms with Crippen molar-refractivity contribution in [2.45, 2.75) is 20.4 Å². The zero-order valence-corrected chi connectivity index (χ0v) is 15.3. The van der Waals surface area contributed by atoms with Crippen molar-refractivity contribution >= 4 is 35.0 Å². The van der Waals surface area contributed by atoms with E-state index in [0.717, 1.165) is 11.5 Å². The van der Waals surface area contributed by atoms with Gasteiger partial charge in [0, 0.05) is 26.3 Å². The Morgan fingerprint density at radius 1 is 1.25 bits per heavy atom. The molecule has 0 saturated heterocycles. The summed E-state index contributed by atoms with van der Waals surface area (Å²) in [5.74, 6) is 2.70. The zero-order valence-electron chi connectivity index (χ0n) is 13.8. The van der Waals surface area contributed by atoms with Crippen LogP contribution in [0.3, 0.4) is 0 Å². The fraction of sp³-hybridized carbons (Fsp3) is 0.400. The van der Waals surface area contributed by atoms with E-state index >= 15 is 0 Å².